The second kappa shape index (κ2) is 2.85. The maximum absolute atomic E-state index is 3.26. The van der Waals surface area contributed by atoms with Gasteiger partial charge in [0.25, 0.3) is 0 Å². The second-order valence-corrected chi connectivity index (χ2v) is 3.33. The van der Waals surface area contributed by atoms with Crippen molar-refractivity contribution < 1.29 is 0 Å². The Morgan fingerprint density at radius 2 is 1.50 bits per heavy atom. The first kappa shape index (κ1) is 7.57. The largest absolute Gasteiger partial charge is 0.0616 e. The SMILES string of the molecule is [c]1cccc2c1c[c]c1ccccc12. The Bertz CT molecular complexity index is 539. The molecule has 3 rings (SSSR count). The lowest BCUT2D eigenvalue weighted by molar-refractivity contribution is 1.75. The van der Waals surface area contributed by atoms with Gasteiger partial charge in [-0.2, -0.15) is 0 Å². The molecule has 0 aliphatic rings. The molecule has 0 saturated heterocycles. The van der Waals surface area contributed by atoms with Gasteiger partial charge < -0.3 is 0 Å². The van der Waals surface area contributed by atoms with Crippen LogP contribution < -0.4 is 0 Å². The molecule has 0 saturated carbocycles. The lowest BCUT2D eigenvalue weighted by Crippen LogP contribution is -1.76. The van der Waals surface area contributed by atoms with Crippen LogP contribution in [-0.4, -0.2) is 0 Å². The summed E-state index contributed by atoms with van der Waals surface area (Å²) < 4.78 is 0. The maximum Gasteiger partial charge on any atom is -0.00923 e. The minimum atomic E-state index is 1.13. The van der Waals surface area contributed by atoms with E-state index in [-0.39, 0.29) is 0 Å². The molecule has 0 nitrogen and oxygen atoms in total. The summed E-state index contributed by atoms with van der Waals surface area (Å²) in [5, 5.41) is 4.80. The van der Waals surface area contributed by atoms with E-state index < -0.39 is 0 Å². The van der Waals surface area contributed by atoms with Crippen molar-refractivity contribution in [3.05, 3.63) is 60.7 Å². The van der Waals surface area contributed by atoms with Gasteiger partial charge in [0.1, 0.15) is 0 Å². The lowest BCUT2D eigenvalue weighted by atomic mass is 10.0. The van der Waals surface area contributed by atoms with Crippen LogP contribution in [0, 0.1) is 12.1 Å². The topological polar surface area (TPSA) is 0 Å². The molecule has 0 bridgehead atoms. The summed E-state index contributed by atoms with van der Waals surface area (Å²) in [7, 11) is 0. The van der Waals surface area contributed by atoms with Crippen LogP contribution in [-0.2, 0) is 0 Å². The summed E-state index contributed by atoms with van der Waals surface area (Å²) in [5.41, 5.74) is 0. The normalized spacial score (nSPS) is 10.9. The Labute approximate surface area is 82.8 Å². The van der Waals surface area contributed by atoms with Crippen molar-refractivity contribution in [1.82, 2.24) is 0 Å². The zero-order valence-corrected chi connectivity index (χ0v) is 7.62. The average Bonchev–Trinajstić information content (AvgIpc) is 2.29. The highest BCUT2D eigenvalue weighted by molar-refractivity contribution is 6.06. The van der Waals surface area contributed by atoms with Crippen molar-refractivity contribution in [3.63, 3.8) is 0 Å². The van der Waals surface area contributed by atoms with Gasteiger partial charge in [-0.3, -0.25) is 0 Å². The molecule has 3 aromatic rings. The quantitative estimate of drug-likeness (QED) is 0.459. The van der Waals surface area contributed by atoms with E-state index in [1.54, 1.807) is 0 Å². The van der Waals surface area contributed by atoms with Crippen molar-refractivity contribution >= 4 is 21.5 Å². The van der Waals surface area contributed by atoms with Crippen molar-refractivity contribution in [3.8, 4) is 0 Å². The van der Waals surface area contributed by atoms with Crippen LogP contribution in [0.15, 0.2) is 48.5 Å². The highest BCUT2D eigenvalue weighted by Crippen LogP contribution is 2.23. The monoisotopic (exact) mass is 176 g/mol. The molecule has 3 aromatic carbocycles. The van der Waals surface area contributed by atoms with E-state index in [9.17, 15) is 0 Å². The van der Waals surface area contributed by atoms with Crippen LogP contribution in [0.2, 0.25) is 0 Å². The van der Waals surface area contributed by atoms with Gasteiger partial charge in [-0.1, -0.05) is 42.5 Å². The standard InChI is InChI=1S/C14H8/c1-3-7-13-11(5-1)9-10-12-6-2-4-8-14(12)13/h1-5,7-8,10H. The van der Waals surface area contributed by atoms with Gasteiger partial charge in [0.05, 0.1) is 0 Å². The van der Waals surface area contributed by atoms with E-state index in [0.29, 0.717) is 0 Å². The highest BCUT2D eigenvalue weighted by atomic mass is 14.0. The molecule has 0 amide bonds. The van der Waals surface area contributed by atoms with Gasteiger partial charge in [-0.15, -0.1) is 0 Å². The molecule has 2 radical (unpaired) electrons. The van der Waals surface area contributed by atoms with Gasteiger partial charge in [0, 0.05) is 0 Å². The zero-order valence-electron chi connectivity index (χ0n) is 7.62. The zero-order chi connectivity index (χ0) is 9.38. The van der Waals surface area contributed by atoms with E-state index in [0.717, 1.165) is 5.39 Å². The number of rotatable bonds is 0. The molecule has 0 heterocycles. The number of fused-ring (bicyclic) bond motifs is 3. The Balaban J connectivity index is 2.61. The molecule has 0 aliphatic heterocycles. The fourth-order valence-corrected chi connectivity index (χ4v) is 1.80. The molecule has 0 aliphatic carbocycles. The molecule has 0 atom stereocenters. The third-order valence-electron chi connectivity index (χ3n) is 2.48. The number of benzene rings is 3. The molecule has 64 valence electrons. The van der Waals surface area contributed by atoms with Gasteiger partial charge in [0.2, 0.25) is 0 Å². The minimum absolute atomic E-state index is 1.13. The number of hydrogen-bond donors (Lipinski definition) is 0. The van der Waals surface area contributed by atoms with Gasteiger partial charge >= 0.3 is 0 Å². The minimum Gasteiger partial charge on any atom is -0.0616 e. The molecule has 0 fully saturated rings. The van der Waals surface area contributed by atoms with Crippen LogP contribution >= 0.6 is 0 Å². The van der Waals surface area contributed by atoms with Gasteiger partial charge in [-0.05, 0) is 39.7 Å². The van der Waals surface area contributed by atoms with E-state index in [4.69, 9.17) is 0 Å². The predicted molar refractivity (Wildman–Crippen MR) is 59.1 cm³/mol. The van der Waals surface area contributed by atoms with Crippen LogP contribution in [0.4, 0.5) is 0 Å². The first-order valence-corrected chi connectivity index (χ1v) is 4.65. The van der Waals surface area contributed by atoms with Gasteiger partial charge in [0.15, 0.2) is 0 Å². The number of hydrogen-bond acceptors (Lipinski definition) is 0. The summed E-state index contributed by atoms with van der Waals surface area (Å²) >= 11 is 0. The second-order valence-electron chi connectivity index (χ2n) is 3.33. The molecular weight excluding hydrogens is 168 g/mol. The Kier molecular flexibility index (Phi) is 1.54. The van der Waals surface area contributed by atoms with Crippen LogP contribution in [0.5, 0.6) is 0 Å². The fraction of sp³-hybridized carbons (Fsp3) is 0. The molecule has 14 heavy (non-hydrogen) atoms. The average molecular weight is 176 g/mol. The molecule has 0 unspecified atom stereocenters. The van der Waals surface area contributed by atoms with Crippen LogP contribution in [0.1, 0.15) is 0 Å². The molecule has 0 N–H and O–H groups in total. The van der Waals surface area contributed by atoms with Crippen LogP contribution in [0.3, 0.4) is 0 Å². The third-order valence-corrected chi connectivity index (χ3v) is 2.48. The van der Waals surface area contributed by atoms with E-state index in [2.05, 4.69) is 36.4 Å². The summed E-state index contributed by atoms with van der Waals surface area (Å²) in [6, 6.07) is 22.9. The summed E-state index contributed by atoms with van der Waals surface area (Å²) in [6.45, 7) is 0. The first-order valence-electron chi connectivity index (χ1n) is 4.65. The summed E-state index contributed by atoms with van der Waals surface area (Å²) in [4.78, 5) is 0. The summed E-state index contributed by atoms with van der Waals surface area (Å²) in [6.07, 6.45) is 0. The highest BCUT2D eigenvalue weighted by Gasteiger charge is 1.97. The van der Waals surface area contributed by atoms with Crippen LogP contribution in [0.25, 0.3) is 21.5 Å². The van der Waals surface area contributed by atoms with Crippen molar-refractivity contribution in [2.75, 3.05) is 0 Å². The molecule has 0 heteroatoms. The predicted octanol–water partition coefficient (Wildman–Crippen LogP) is 3.59. The van der Waals surface area contributed by atoms with E-state index in [1.165, 1.54) is 16.2 Å². The van der Waals surface area contributed by atoms with Gasteiger partial charge in [-0.25, -0.2) is 0 Å². The summed E-state index contributed by atoms with van der Waals surface area (Å²) in [5.74, 6) is 0. The fourth-order valence-electron chi connectivity index (χ4n) is 1.80. The third kappa shape index (κ3) is 1.01. The molecular formula is C14H8. The van der Waals surface area contributed by atoms with Crippen molar-refractivity contribution in [2.24, 2.45) is 0 Å². The van der Waals surface area contributed by atoms with Crippen molar-refractivity contribution in [1.29, 1.82) is 0 Å². The lowest BCUT2D eigenvalue weighted by Gasteiger charge is -2.01. The molecule has 0 aromatic heterocycles. The Hall–Kier alpha value is -1.82. The smallest absolute Gasteiger partial charge is 0.00923 e. The van der Waals surface area contributed by atoms with E-state index >= 15 is 0 Å². The van der Waals surface area contributed by atoms with Crippen molar-refractivity contribution in [2.45, 2.75) is 0 Å². The van der Waals surface area contributed by atoms with E-state index in [1.807, 2.05) is 24.3 Å². The Morgan fingerprint density at radius 3 is 2.50 bits per heavy atom. The first-order chi connectivity index (χ1) is 6.95. The molecule has 0 spiro atoms. The Morgan fingerprint density at radius 1 is 0.714 bits per heavy atom. The maximum atomic E-state index is 3.26.